The molecule has 0 aliphatic heterocycles. The maximum atomic E-state index is 10.3. The number of allylic oxidation sites excluding steroid dienone is 3. The van der Waals surface area contributed by atoms with Crippen molar-refractivity contribution in [2.75, 3.05) is 7.11 Å². The Bertz CT molecular complexity index is 709. The Morgan fingerprint density at radius 3 is 2.44 bits per heavy atom. The molecule has 0 amide bonds. The minimum atomic E-state index is -0.943. The minimum absolute atomic E-state index is 0.573. The maximum Gasteiger partial charge on any atom is 0.330 e. The lowest BCUT2D eigenvalue weighted by Crippen LogP contribution is -2.49. The largest absolute Gasteiger partial charge is 0.496 e. The normalized spacial score (nSPS) is 15.4. The fourth-order valence-corrected chi connectivity index (χ4v) is 3.03. The Kier molecular flexibility index (Phi) is 6.99. The molecule has 1 aliphatic carbocycles. The van der Waals surface area contributed by atoms with Crippen molar-refractivity contribution in [3.63, 3.8) is 0 Å². The van der Waals surface area contributed by atoms with Crippen LogP contribution in [-0.4, -0.2) is 30.9 Å². The Hall–Kier alpha value is -1.52. The van der Waals surface area contributed by atoms with Gasteiger partial charge in [-0.2, -0.15) is 0 Å². The molecule has 1 radical (unpaired) electrons. The van der Waals surface area contributed by atoms with E-state index in [-0.39, 0.29) is 0 Å². The standard InChI is InChI=1S/C23H34BO3/c1-16(2)12-17-13-18(20-10-8-9-11-21(20)26-7)15-19(14-17)24-27-23(5,6)22(3,4)25/h9,11,13-16,25H,8,10,12H2,1-7H3. The fourth-order valence-electron chi connectivity index (χ4n) is 3.03. The Morgan fingerprint density at radius 1 is 1.15 bits per heavy atom. The van der Waals surface area contributed by atoms with Crippen LogP contribution in [0.2, 0.25) is 0 Å². The zero-order valence-corrected chi connectivity index (χ0v) is 17.9. The van der Waals surface area contributed by atoms with Gasteiger partial charge >= 0.3 is 7.48 Å². The number of aliphatic hydroxyl groups is 1. The monoisotopic (exact) mass is 369 g/mol. The Labute approximate surface area is 165 Å². The number of benzene rings is 1. The summed E-state index contributed by atoms with van der Waals surface area (Å²) in [5, 5.41) is 10.3. The van der Waals surface area contributed by atoms with E-state index in [0.717, 1.165) is 30.5 Å². The molecule has 3 nitrogen and oxygen atoms in total. The van der Waals surface area contributed by atoms with Crippen LogP contribution in [0.25, 0.3) is 5.57 Å². The van der Waals surface area contributed by atoms with Crippen LogP contribution in [0, 0.1) is 5.92 Å². The molecule has 0 bridgehead atoms. The molecular formula is C23H34BO3. The highest BCUT2D eigenvalue weighted by molar-refractivity contribution is 6.47. The number of rotatable bonds is 8. The lowest BCUT2D eigenvalue weighted by Gasteiger charge is -2.37. The van der Waals surface area contributed by atoms with Crippen molar-refractivity contribution in [2.45, 2.75) is 72.0 Å². The highest BCUT2D eigenvalue weighted by Gasteiger charge is 2.35. The van der Waals surface area contributed by atoms with Crippen LogP contribution < -0.4 is 5.46 Å². The van der Waals surface area contributed by atoms with Gasteiger partial charge in [-0.1, -0.05) is 43.6 Å². The van der Waals surface area contributed by atoms with E-state index in [4.69, 9.17) is 9.39 Å². The molecule has 27 heavy (non-hydrogen) atoms. The summed E-state index contributed by atoms with van der Waals surface area (Å²) in [6.45, 7) is 11.8. The highest BCUT2D eigenvalue weighted by atomic mass is 16.5. The summed E-state index contributed by atoms with van der Waals surface area (Å²) in [6.07, 6.45) is 7.22. The van der Waals surface area contributed by atoms with E-state index in [9.17, 15) is 5.11 Å². The molecule has 0 spiro atoms. The summed E-state index contributed by atoms with van der Waals surface area (Å²) >= 11 is 0. The first-order chi connectivity index (χ1) is 12.5. The molecule has 0 aromatic heterocycles. The molecule has 1 aromatic carbocycles. The van der Waals surface area contributed by atoms with E-state index < -0.39 is 11.2 Å². The van der Waals surface area contributed by atoms with Crippen LogP contribution in [-0.2, 0) is 15.8 Å². The summed E-state index contributed by atoms with van der Waals surface area (Å²) in [5.41, 5.74) is 3.09. The van der Waals surface area contributed by atoms with Gasteiger partial charge in [0.15, 0.2) is 0 Å². The quantitative estimate of drug-likeness (QED) is 0.690. The first-order valence-corrected chi connectivity index (χ1v) is 9.85. The molecule has 1 aliphatic rings. The van der Waals surface area contributed by atoms with E-state index in [1.165, 1.54) is 16.7 Å². The van der Waals surface area contributed by atoms with E-state index >= 15 is 0 Å². The van der Waals surface area contributed by atoms with Gasteiger partial charge in [0.2, 0.25) is 0 Å². The van der Waals surface area contributed by atoms with Crippen LogP contribution in [0.5, 0.6) is 0 Å². The lowest BCUT2D eigenvalue weighted by atomic mass is 9.79. The number of hydrogen-bond donors (Lipinski definition) is 1. The van der Waals surface area contributed by atoms with Gasteiger partial charge in [0, 0.05) is 5.57 Å². The van der Waals surface area contributed by atoms with Crippen LogP contribution >= 0.6 is 0 Å². The third-order valence-corrected chi connectivity index (χ3v) is 5.32. The molecular weight excluding hydrogens is 335 g/mol. The highest BCUT2D eigenvalue weighted by Crippen LogP contribution is 2.30. The molecule has 4 heteroatoms. The van der Waals surface area contributed by atoms with Gasteiger partial charge in [-0.25, -0.2) is 0 Å². The first-order valence-electron chi connectivity index (χ1n) is 9.85. The summed E-state index contributed by atoms with van der Waals surface area (Å²) in [5.74, 6) is 1.51. The minimum Gasteiger partial charge on any atom is -0.496 e. The van der Waals surface area contributed by atoms with Crippen molar-refractivity contribution in [3.8, 4) is 0 Å². The van der Waals surface area contributed by atoms with Crippen molar-refractivity contribution in [1.82, 2.24) is 0 Å². The Morgan fingerprint density at radius 2 is 1.85 bits per heavy atom. The van der Waals surface area contributed by atoms with Gasteiger partial charge in [-0.3, -0.25) is 0 Å². The molecule has 1 N–H and O–H groups in total. The van der Waals surface area contributed by atoms with Gasteiger partial charge in [0.1, 0.15) is 5.76 Å². The Balaban J connectivity index is 2.37. The molecule has 0 saturated carbocycles. The van der Waals surface area contributed by atoms with Gasteiger partial charge in [-0.15, -0.1) is 0 Å². The predicted molar refractivity (Wildman–Crippen MR) is 114 cm³/mol. The summed E-state index contributed by atoms with van der Waals surface area (Å²) in [4.78, 5) is 0. The number of hydrogen-bond acceptors (Lipinski definition) is 3. The topological polar surface area (TPSA) is 38.7 Å². The van der Waals surface area contributed by atoms with Gasteiger partial charge in [0.05, 0.1) is 18.3 Å². The summed E-state index contributed by atoms with van der Waals surface area (Å²) < 4.78 is 11.6. The van der Waals surface area contributed by atoms with Crippen molar-refractivity contribution >= 4 is 18.5 Å². The molecule has 0 heterocycles. The van der Waals surface area contributed by atoms with E-state index in [0.29, 0.717) is 5.92 Å². The van der Waals surface area contributed by atoms with Crippen LogP contribution in [0.3, 0.4) is 0 Å². The average molecular weight is 369 g/mol. The van der Waals surface area contributed by atoms with Gasteiger partial charge < -0.3 is 14.5 Å². The fraction of sp³-hybridized carbons (Fsp3) is 0.565. The first kappa shape index (κ1) is 21.8. The molecule has 1 aromatic rings. The predicted octanol–water partition coefficient (Wildman–Crippen LogP) is 4.40. The van der Waals surface area contributed by atoms with E-state index in [2.05, 4.69) is 44.2 Å². The van der Waals surface area contributed by atoms with Crippen molar-refractivity contribution < 1.29 is 14.5 Å². The van der Waals surface area contributed by atoms with Crippen molar-refractivity contribution in [2.24, 2.45) is 5.92 Å². The lowest BCUT2D eigenvalue weighted by molar-refractivity contribution is -0.0893. The third kappa shape index (κ3) is 5.73. The molecule has 0 unspecified atom stereocenters. The van der Waals surface area contributed by atoms with Crippen molar-refractivity contribution in [3.05, 3.63) is 47.2 Å². The molecule has 0 saturated heterocycles. The van der Waals surface area contributed by atoms with Gasteiger partial charge in [-0.05, 0) is 70.1 Å². The smallest absolute Gasteiger partial charge is 0.330 e. The van der Waals surface area contributed by atoms with Gasteiger partial charge in [0.25, 0.3) is 0 Å². The SMILES string of the molecule is COC1=C(c2cc([B]OC(C)(C)C(C)(C)O)cc(CC(C)C)c2)CCC=C1. The van der Waals surface area contributed by atoms with E-state index in [1.54, 1.807) is 28.4 Å². The number of methoxy groups -OCH3 is 1. The molecule has 0 atom stereocenters. The number of ether oxygens (including phenoxy) is 1. The van der Waals surface area contributed by atoms with Crippen molar-refractivity contribution in [1.29, 1.82) is 0 Å². The molecule has 0 fully saturated rings. The second-order valence-corrected chi connectivity index (χ2v) is 8.85. The van der Waals surface area contributed by atoms with Crippen LogP contribution in [0.4, 0.5) is 0 Å². The van der Waals surface area contributed by atoms with Crippen LogP contribution in [0.15, 0.2) is 36.1 Å². The second kappa shape index (κ2) is 8.66. The zero-order valence-electron chi connectivity index (χ0n) is 17.9. The summed E-state index contributed by atoms with van der Waals surface area (Å²) in [6, 6.07) is 6.60. The average Bonchev–Trinajstić information content (AvgIpc) is 2.58. The summed E-state index contributed by atoms with van der Waals surface area (Å²) in [7, 11) is 3.50. The third-order valence-electron chi connectivity index (χ3n) is 5.32. The maximum absolute atomic E-state index is 10.3. The van der Waals surface area contributed by atoms with E-state index in [1.807, 2.05) is 13.8 Å². The van der Waals surface area contributed by atoms with Crippen LogP contribution in [0.1, 0.15) is 65.5 Å². The molecule has 2 rings (SSSR count). The second-order valence-electron chi connectivity index (χ2n) is 8.85. The molecule has 147 valence electrons. The zero-order chi connectivity index (χ0) is 20.2.